The number of hydrogen-bond acceptors (Lipinski definition) is 4. The molecular weight excluding hydrogens is 268 g/mol. The molecule has 3 aliphatic rings. The third-order valence-electron chi connectivity index (χ3n) is 4.89. The molecule has 1 saturated heterocycles. The van der Waals surface area contributed by atoms with E-state index in [9.17, 15) is 9.90 Å². The van der Waals surface area contributed by atoms with Crippen molar-refractivity contribution in [1.29, 1.82) is 0 Å². The summed E-state index contributed by atoms with van der Waals surface area (Å²) in [6, 6.07) is 8.16. The highest BCUT2D eigenvalue weighted by Gasteiger charge is 2.62. The molecule has 4 rings (SSSR count). The molecule has 2 heterocycles. The van der Waals surface area contributed by atoms with E-state index in [1.54, 1.807) is 13.8 Å². The molecule has 1 fully saturated rings. The van der Waals surface area contributed by atoms with Gasteiger partial charge in [0.25, 0.3) is 0 Å². The zero-order chi connectivity index (χ0) is 14.7. The van der Waals surface area contributed by atoms with E-state index in [1.807, 2.05) is 12.1 Å². The van der Waals surface area contributed by atoms with Crippen LogP contribution in [0, 0.1) is 11.8 Å². The van der Waals surface area contributed by atoms with Gasteiger partial charge in [-0.25, -0.2) is 4.79 Å². The van der Waals surface area contributed by atoms with Crippen molar-refractivity contribution in [3.05, 3.63) is 46.5 Å². The van der Waals surface area contributed by atoms with Gasteiger partial charge in [-0.3, -0.25) is 0 Å². The average Bonchev–Trinajstić information content (AvgIpc) is 2.91. The van der Waals surface area contributed by atoms with E-state index < -0.39 is 6.10 Å². The lowest BCUT2D eigenvalue weighted by atomic mass is 9.59. The van der Waals surface area contributed by atoms with E-state index in [4.69, 9.17) is 9.47 Å². The Morgan fingerprint density at radius 3 is 2.48 bits per heavy atom. The van der Waals surface area contributed by atoms with E-state index in [-0.39, 0.29) is 30.0 Å². The number of aliphatic hydroxyl groups excluding tert-OH is 1. The third-order valence-corrected chi connectivity index (χ3v) is 4.89. The topological polar surface area (TPSA) is 55.8 Å². The van der Waals surface area contributed by atoms with Crippen LogP contribution >= 0.6 is 0 Å². The van der Waals surface area contributed by atoms with Crippen LogP contribution in [-0.2, 0) is 14.3 Å². The van der Waals surface area contributed by atoms with Crippen molar-refractivity contribution >= 4 is 5.97 Å². The van der Waals surface area contributed by atoms with Gasteiger partial charge in [-0.15, -0.1) is 0 Å². The molecule has 1 unspecified atom stereocenters. The fourth-order valence-corrected chi connectivity index (χ4v) is 4.20. The van der Waals surface area contributed by atoms with E-state index in [0.29, 0.717) is 12.2 Å². The first-order valence-electron chi connectivity index (χ1n) is 7.48. The molecule has 2 bridgehead atoms. The second-order valence-electron chi connectivity index (χ2n) is 5.92. The number of aliphatic hydroxyl groups is 1. The number of hydrogen-bond donors (Lipinski definition) is 1. The Hall–Kier alpha value is -1.65. The van der Waals surface area contributed by atoms with Crippen LogP contribution in [0.3, 0.4) is 0 Å². The van der Waals surface area contributed by atoms with Crippen molar-refractivity contribution in [1.82, 2.24) is 0 Å². The molecule has 5 atom stereocenters. The smallest absolute Gasteiger partial charge is 0.334 e. The second kappa shape index (κ2) is 4.42. The first kappa shape index (κ1) is 13.0. The van der Waals surface area contributed by atoms with Crippen LogP contribution in [0.4, 0.5) is 0 Å². The van der Waals surface area contributed by atoms with Gasteiger partial charge >= 0.3 is 5.97 Å². The Kier molecular flexibility index (Phi) is 2.75. The Balaban J connectivity index is 1.77. The first-order valence-corrected chi connectivity index (χ1v) is 7.48. The quantitative estimate of drug-likeness (QED) is 0.866. The highest BCUT2D eigenvalue weighted by Crippen LogP contribution is 2.67. The minimum Gasteiger partial charge on any atom is -0.463 e. The van der Waals surface area contributed by atoms with E-state index in [0.717, 1.165) is 5.57 Å². The molecule has 1 aromatic carbocycles. The minimum absolute atomic E-state index is 0.0287. The third kappa shape index (κ3) is 1.54. The van der Waals surface area contributed by atoms with Crippen molar-refractivity contribution in [2.24, 2.45) is 11.8 Å². The molecule has 21 heavy (non-hydrogen) atoms. The van der Waals surface area contributed by atoms with Crippen LogP contribution < -0.4 is 0 Å². The van der Waals surface area contributed by atoms with Crippen molar-refractivity contribution in [2.75, 3.05) is 6.61 Å². The number of fused-ring (bicyclic) bond motifs is 8. The van der Waals surface area contributed by atoms with Gasteiger partial charge in [0.2, 0.25) is 0 Å². The van der Waals surface area contributed by atoms with Crippen molar-refractivity contribution in [2.45, 2.75) is 32.2 Å². The summed E-state index contributed by atoms with van der Waals surface area (Å²) in [4.78, 5) is 12.2. The van der Waals surface area contributed by atoms with Gasteiger partial charge in [-0.1, -0.05) is 24.3 Å². The van der Waals surface area contributed by atoms with Crippen LogP contribution in [0.1, 0.15) is 37.2 Å². The number of ether oxygens (including phenoxy) is 2. The van der Waals surface area contributed by atoms with Gasteiger partial charge < -0.3 is 14.6 Å². The van der Waals surface area contributed by atoms with Crippen LogP contribution in [0.15, 0.2) is 35.4 Å². The van der Waals surface area contributed by atoms with Crippen LogP contribution in [0.25, 0.3) is 0 Å². The first-order chi connectivity index (χ1) is 10.1. The minimum atomic E-state index is -0.638. The summed E-state index contributed by atoms with van der Waals surface area (Å²) in [5.74, 6) is -0.152. The van der Waals surface area contributed by atoms with Crippen LogP contribution in [-0.4, -0.2) is 23.8 Å². The molecule has 2 aliphatic heterocycles. The van der Waals surface area contributed by atoms with Crippen molar-refractivity contribution in [3.8, 4) is 0 Å². The lowest BCUT2D eigenvalue weighted by Crippen LogP contribution is -2.42. The van der Waals surface area contributed by atoms with Gasteiger partial charge in [0.15, 0.2) is 0 Å². The van der Waals surface area contributed by atoms with Gasteiger partial charge in [0, 0.05) is 17.4 Å². The molecule has 0 spiro atoms. The standard InChI is InChI=1S/C17H18O4/c1-3-20-17(19)14-11(8(2)18)12-13(14)16-10-7-5-4-6-9(10)15(12)21-16/h4-8,12-13,15-16,18H,3H2,1-2H3/t8?,12-,13-,15+,16-/m1/s1. The zero-order valence-electron chi connectivity index (χ0n) is 12.1. The molecular formula is C17H18O4. The van der Waals surface area contributed by atoms with E-state index in [1.165, 1.54) is 11.1 Å². The summed E-state index contributed by atoms with van der Waals surface area (Å²) >= 11 is 0. The number of carbonyl (C=O) groups excluding carboxylic acids is 1. The Morgan fingerprint density at radius 2 is 1.90 bits per heavy atom. The van der Waals surface area contributed by atoms with Gasteiger partial charge in [0.1, 0.15) is 0 Å². The number of rotatable bonds is 3. The van der Waals surface area contributed by atoms with Crippen molar-refractivity contribution < 1.29 is 19.4 Å². The predicted octanol–water partition coefficient (Wildman–Crippen LogP) is 2.30. The second-order valence-corrected chi connectivity index (χ2v) is 5.92. The van der Waals surface area contributed by atoms with Gasteiger partial charge in [-0.2, -0.15) is 0 Å². The SMILES string of the molecule is CCOC(=O)C1=C(C(C)O)[C@@H]2[C@H]1[C@@H]1O[C@H]2c2ccccc21. The molecule has 4 nitrogen and oxygen atoms in total. The molecule has 0 aromatic heterocycles. The Morgan fingerprint density at radius 1 is 1.29 bits per heavy atom. The predicted molar refractivity (Wildman–Crippen MR) is 75.3 cm³/mol. The Labute approximate surface area is 123 Å². The maximum absolute atomic E-state index is 12.2. The molecule has 110 valence electrons. The Bertz CT molecular complexity index is 646. The van der Waals surface area contributed by atoms with Gasteiger partial charge in [0.05, 0.1) is 24.9 Å². The van der Waals surface area contributed by atoms with E-state index >= 15 is 0 Å². The largest absolute Gasteiger partial charge is 0.463 e. The van der Waals surface area contributed by atoms with Crippen LogP contribution in [0.2, 0.25) is 0 Å². The zero-order valence-corrected chi connectivity index (χ0v) is 12.1. The monoisotopic (exact) mass is 286 g/mol. The molecule has 4 heteroatoms. The van der Waals surface area contributed by atoms with Gasteiger partial charge in [-0.05, 0) is 30.5 Å². The summed E-state index contributed by atoms with van der Waals surface area (Å²) in [7, 11) is 0. The molecule has 0 radical (unpaired) electrons. The maximum atomic E-state index is 12.2. The van der Waals surface area contributed by atoms with Crippen LogP contribution in [0.5, 0.6) is 0 Å². The molecule has 1 aromatic rings. The normalized spacial score (nSPS) is 33.3. The number of esters is 1. The molecule has 0 amide bonds. The fourth-order valence-electron chi connectivity index (χ4n) is 4.20. The number of benzene rings is 1. The fraction of sp³-hybridized carbons (Fsp3) is 0.471. The summed E-state index contributed by atoms with van der Waals surface area (Å²) < 4.78 is 11.3. The molecule has 1 aliphatic carbocycles. The van der Waals surface area contributed by atoms with Crippen molar-refractivity contribution in [3.63, 3.8) is 0 Å². The molecule has 1 N–H and O–H groups in total. The average molecular weight is 286 g/mol. The maximum Gasteiger partial charge on any atom is 0.334 e. The highest BCUT2D eigenvalue weighted by molar-refractivity contribution is 5.93. The summed E-state index contributed by atoms with van der Waals surface area (Å²) in [5.41, 5.74) is 3.82. The summed E-state index contributed by atoms with van der Waals surface area (Å²) in [6.45, 7) is 3.85. The lowest BCUT2D eigenvalue weighted by molar-refractivity contribution is -0.140. The summed E-state index contributed by atoms with van der Waals surface area (Å²) in [6.07, 6.45) is -0.738. The summed E-state index contributed by atoms with van der Waals surface area (Å²) in [5, 5.41) is 10.1. The molecule has 0 saturated carbocycles. The lowest BCUT2D eigenvalue weighted by Gasteiger charge is -2.43. The number of carbonyl (C=O) groups is 1. The van der Waals surface area contributed by atoms with E-state index in [2.05, 4.69) is 12.1 Å². The highest BCUT2D eigenvalue weighted by atomic mass is 16.5.